The summed E-state index contributed by atoms with van der Waals surface area (Å²) in [6, 6.07) is 20.1. The van der Waals surface area contributed by atoms with Crippen molar-refractivity contribution in [3.63, 3.8) is 0 Å². The van der Waals surface area contributed by atoms with Crippen LogP contribution in [-0.2, 0) is 14.3 Å². The third-order valence-corrected chi connectivity index (χ3v) is 7.51. The van der Waals surface area contributed by atoms with Gasteiger partial charge >= 0.3 is 6.09 Å². The van der Waals surface area contributed by atoms with Crippen molar-refractivity contribution in [2.75, 3.05) is 30.4 Å². The van der Waals surface area contributed by atoms with Gasteiger partial charge in [0, 0.05) is 25.3 Å². The fourth-order valence-corrected chi connectivity index (χ4v) is 5.28. The quantitative estimate of drug-likeness (QED) is 0.252. The molecule has 0 aromatic heterocycles. The molecule has 44 heavy (non-hydrogen) atoms. The van der Waals surface area contributed by atoms with Crippen molar-refractivity contribution in [3.8, 4) is 11.5 Å². The van der Waals surface area contributed by atoms with Gasteiger partial charge in [-0.25, -0.2) is 9.18 Å². The number of hydrogen-bond donors (Lipinski definition) is 0. The second-order valence-corrected chi connectivity index (χ2v) is 12.3. The lowest BCUT2D eigenvalue weighted by Crippen LogP contribution is -2.60. The third kappa shape index (κ3) is 8.08. The van der Waals surface area contributed by atoms with E-state index < -0.39 is 29.5 Å². The Bertz CT molecular complexity index is 1430. The number of anilines is 1. The first-order valence-corrected chi connectivity index (χ1v) is 15.2. The summed E-state index contributed by atoms with van der Waals surface area (Å²) in [6.07, 6.45) is -0.435. The first-order valence-electron chi connectivity index (χ1n) is 14.6. The standard InChI is InChI=1S/C34H39ClFN3O5/c1-23(2)29-22-37(19-20-38(29)33(42)44-34(3,4)5)32(41)31(24-11-13-25(36)14-12-24)39(30(40)21-35)26-15-17-28(18-16-26)43-27-9-7-6-8-10-27/h6-18,23,29,31H,19-22H2,1-5H3/t29?,31-/m1/s1. The molecule has 1 aliphatic rings. The van der Waals surface area contributed by atoms with Crippen molar-refractivity contribution < 1.29 is 28.2 Å². The van der Waals surface area contributed by atoms with Crippen LogP contribution in [0.15, 0.2) is 78.9 Å². The van der Waals surface area contributed by atoms with E-state index in [2.05, 4.69) is 0 Å². The van der Waals surface area contributed by atoms with E-state index in [0.29, 0.717) is 22.7 Å². The second kappa shape index (κ2) is 14.1. The summed E-state index contributed by atoms with van der Waals surface area (Å²) in [4.78, 5) is 45.6. The Morgan fingerprint density at radius 1 is 0.932 bits per heavy atom. The van der Waals surface area contributed by atoms with Crippen LogP contribution in [0, 0.1) is 11.7 Å². The monoisotopic (exact) mass is 623 g/mol. The van der Waals surface area contributed by atoms with E-state index in [4.69, 9.17) is 21.1 Å². The molecule has 0 N–H and O–H groups in total. The molecule has 1 unspecified atom stereocenters. The predicted octanol–water partition coefficient (Wildman–Crippen LogP) is 7.04. The first-order chi connectivity index (χ1) is 20.9. The zero-order valence-electron chi connectivity index (χ0n) is 25.7. The fraction of sp³-hybridized carbons (Fsp3) is 0.382. The number of nitrogens with zero attached hydrogens (tertiary/aromatic N) is 3. The lowest BCUT2D eigenvalue weighted by atomic mass is 9.97. The number of rotatable bonds is 8. The number of amides is 3. The number of carbonyl (C=O) groups excluding carboxylic acids is 3. The summed E-state index contributed by atoms with van der Waals surface area (Å²) in [7, 11) is 0. The predicted molar refractivity (Wildman–Crippen MR) is 168 cm³/mol. The summed E-state index contributed by atoms with van der Waals surface area (Å²) in [6.45, 7) is 10.1. The largest absolute Gasteiger partial charge is 0.457 e. The number of hydrogen-bond acceptors (Lipinski definition) is 5. The van der Waals surface area contributed by atoms with Crippen LogP contribution in [0.1, 0.15) is 46.2 Å². The molecule has 3 amide bonds. The Morgan fingerprint density at radius 2 is 1.55 bits per heavy atom. The van der Waals surface area contributed by atoms with Gasteiger partial charge in [-0.2, -0.15) is 0 Å². The molecular weight excluding hydrogens is 585 g/mol. The Hall–Kier alpha value is -4.11. The number of halogens is 2. The van der Waals surface area contributed by atoms with Gasteiger partial charge in [0.2, 0.25) is 5.91 Å². The minimum Gasteiger partial charge on any atom is -0.457 e. The van der Waals surface area contributed by atoms with E-state index in [0.717, 1.165) is 0 Å². The average Bonchev–Trinajstić information content (AvgIpc) is 2.99. The Morgan fingerprint density at radius 3 is 2.11 bits per heavy atom. The van der Waals surface area contributed by atoms with E-state index in [-0.39, 0.29) is 43.4 Å². The van der Waals surface area contributed by atoms with E-state index in [1.54, 1.807) is 34.1 Å². The van der Waals surface area contributed by atoms with Crippen LogP contribution in [0.5, 0.6) is 11.5 Å². The Kier molecular flexibility index (Phi) is 10.5. The SMILES string of the molecule is CC(C)C1CN(C(=O)[C@@H](c2ccc(F)cc2)N(C(=O)CCl)c2ccc(Oc3ccccc3)cc2)CCN1C(=O)OC(C)(C)C. The van der Waals surface area contributed by atoms with Gasteiger partial charge in [-0.1, -0.05) is 44.2 Å². The van der Waals surface area contributed by atoms with Crippen molar-refractivity contribution in [1.29, 1.82) is 0 Å². The number of alkyl halides is 1. The summed E-state index contributed by atoms with van der Waals surface area (Å²) in [5.74, 6) is -0.509. The maximum absolute atomic E-state index is 14.4. The Balaban J connectivity index is 1.67. The van der Waals surface area contributed by atoms with Gasteiger partial charge in [0.1, 0.15) is 34.8 Å². The fourth-order valence-electron chi connectivity index (χ4n) is 5.15. The van der Waals surface area contributed by atoms with Crippen molar-refractivity contribution in [3.05, 3.63) is 90.2 Å². The molecule has 2 atom stereocenters. The summed E-state index contributed by atoms with van der Waals surface area (Å²) in [5.41, 5.74) is 0.185. The van der Waals surface area contributed by atoms with Crippen LogP contribution >= 0.6 is 11.6 Å². The molecule has 3 aromatic rings. The first kappa shape index (κ1) is 32.8. The van der Waals surface area contributed by atoms with Crippen LogP contribution in [-0.4, -0.2) is 64.9 Å². The highest BCUT2D eigenvalue weighted by molar-refractivity contribution is 6.29. The minimum absolute atomic E-state index is 0.0140. The van der Waals surface area contributed by atoms with Gasteiger partial charge in [-0.15, -0.1) is 11.6 Å². The van der Waals surface area contributed by atoms with Gasteiger partial charge in [0.05, 0.1) is 6.04 Å². The van der Waals surface area contributed by atoms with Crippen LogP contribution in [0.25, 0.3) is 0 Å². The zero-order chi connectivity index (χ0) is 32.0. The molecule has 234 valence electrons. The lowest BCUT2D eigenvalue weighted by molar-refractivity contribution is -0.137. The average molecular weight is 624 g/mol. The molecule has 3 aromatic carbocycles. The highest BCUT2D eigenvalue weighted by Crippen LogP contribution is 2.33. The zero-order valence-corrected chi connectivity index (χ0v) is 26.5. The van der Waals surface area contributed by atoms with Gasteiger partial charge < -0.3 is 19.3 Å². The van der Waals surface area contributed by atoms with Gasteiger partial charge in [0.25, 0.3) is 5.91 Å². The van der Waals surface area contributed by atoms with E-state index >= 15 is 0 Å². The molecule has 0 aliphatic carbocycles. The molecule has 0 radical (unpaired) electrons. The Labute approximate surface area is 263 Å². The third-order valence-electron chi connectivity index (χ3n) is 7.28. The van der Waals surface area contributed by atoms with Crippen LogP contribution in [0.2, 0.25) is 0 Å². The molecule has 0 saturated carbocycles. The van der Waals surface area contributed by atoms with Crippen molar-refractivity contribution in [2.45, 2.75) is 52.3 Å². The van der Waals surface area contributed by atoms with Crippen molar-refractivity contribution in [1.82, 2.24) is 9.80 Å². The molecule has 1 aliphatic heterocycles. The van der Waals surface area contributed by atoms with E-state index in [9.17, 15) is 18.8 Å². The molecule has 8 nitrogen and oxygen atoms in total. The topological polar surface area (TPSA) is 79.4 Å². The summed E-state index contributed by atoms with van der Waals surface area (Å²) in [5, 5.41) is 0. The van der Waals surface area contributed by atoms with Crippen molar-refractivity contribution in [2.24, 2.45) is 5.92 Å². The minimum atomic E-state index is -1.14. The van der Waals surface area contributed by atoms with Gasteiger partial charge in [-0.3, -0.25) is 14.5 Å². The van der Waals surface area contributed by atoms with Crippen molar-refractivity contribution >= 4 is 35.2 Å². The molecule has 1 heterocycles. The number of ether oxygens (including phenoxy) is 2. The van der Waals surface area contributed by atoms with Gasteiger partial charge in [0.15, 0.2) is 0 Å². The normalized spacial score (nSPS) is 16.0. The molecule has 10 heteroatoms. The lowest BCUT2D eigenvalue weighted by Gasteiger charge is -2.45. The van der Waals surface area contributed by atoms with E-state index in [1.165, 1.54) is 29.2 Å². The molecule has 0 bridgehead atoms. The number of para-hydroxylation sites is 1. The highest BCUT2D eigenvalue weighted by Gasteiger charge is 2.41. The highest BCUT2D eigenvalue weighted by atomic mass is 35.5. The van der Waals surface area contributed by atoms with Crippen LogP contribution in [0.3, 0.4) is 0 Å². The van der Waals surface area contributed by atoms with Crippen LogP contribution < -0.4 is 9.64 Å². The molecule has 4 rings (SSSR count). The molecule has 1 saturated heterocycles. The molecule has 0 spiro atoms. The number of piperazine rings is 1. The summed E-state index contributed by atoms with van der Waals surface area (Å²) >= 11 is 6.10. The smallest absolute Gasteiger partial charge is 0.410 e. The van der Waals surface area contributed by atoms with Gasteiger partial charge in [-0.05, 0) is 80.8 Å². The number of benzene rings is 3. The molecule has 1 fully saturated rings. The number of carbonyl (C=O) groups is 3. The second-order valence-electron chi connectivity index (χ2n) is 12.0. The van der Waals surface area contributed by atoms with Crippen LogP contribution in [0.4, 0.5) is 14.9 Å². The maximum atomic E-state index is 14.4. The van der Waals surface area contributed by atoms with E-state index in [1.807, 2.05) is 65.0 Å². The maximum Gasteiger partial charge on any atom is 0.410 e. The summed E-state index contributed by atoms with van der Waals surface area (Å²) < 4.78 is 25.5. The molecular formula is C34H39ClFN3O5.